The number of rotatable bonds is 5. The largest absolute Gasteiger partial charge is 0.492 e. The minimum Gasteiger partial charge on any atom is -0.492 e. The number of aromatic nitrogens is 1. The third-order valence-electron chi connectivity index (χ3n) is 6.57. The van der Waals surface area contributed by atoms with Crippen LogP contribution >= 0.6 is 0 Å². The molecule has 0 spiro atoms. The fourth-order valence-corrected chi connectivity index (χ4v) is 4.89. The first-order chi connectivity index (χ1) is 15.6. The smallest absolute Gasteiger partial charge is 0.221 e. The van der Waals surface area contributed by atoms with Gasteiger partial charge in [-0.1, -0.05) is 24.3 Å². The summed E-state index contributed by atoms with van der Waals surface area (Å²) in [4.78, 5) is 20.9. The zero-order valence-corrected chi connectivity index (χ0v) is 18.4. The summed E-state index contributed by atoms with van der Waals surface area (Å²) >= 11 is 0. The Morgan fingerprint density at radius 1 is 1.06 bits per heavy atom. The summed E-state index contributed by atoms with van der Waals surface area (Å²) in [5.74, 6) is 0.773. The number of nitrogens with two attached hydrogens (primary N) is 1. The van der Waals surface area contributed by atoms with Gasteiger partial charge in [0.05, 0.1) is 11.4 Å². The third-order valence-corrected chi connectivity index (χ3v) is 6.57. The summed E-state index contributed by atoms with van der Waals surface area (Å²) in [7, 11) is 0. The molecule has 166 valence electrons. The van der Waals surface area contributed by atoms with Gasteiger partial charge in [0.15, 0.2) is 0 Å². The van der Waals surface area contributed by atoms with E-state index in [1.165, 1.54) is 22.1 Å². The van der Waals surface area contributed by atoms with Gasteiger partial charge in [0.2, 0.25) is 5.91 Å². The summed E-state index contributed by atoms with van der Waals surface area (Å²) in [5, 5.41) is 1.17. The standard InChI is InChI=1S/C26H30N4O2/c27-26(31)22-4-2-10-29(17-22)15-19-6-8-25-23(13-19)18-30(11-12-32-25)16-20-5-7-21-3-1-9-28-24(21)14-20/h1,3,5-9,13-14,22H,2,4,10-12,15-18H2,(H2,27,31). The molecule has 0 aliphatic carbocycles. The molecule has 2 N–H and O–H groups in total. The van der Waals surface area contributed by atoms with Crippen molar-refractivity contribution in [2.24, 2.45) is 11.7 Å². The number of likely N-dealkylation sites (tertiary alicyclic amines) is 1. The lowest BCUT2D eigenvalue weighted by atomic mass is 9.97. The first-order valence-corrected chi connectivity index (χ1v) is 11.5. The van der Waals surface area contributed by atoms with E-state index < -0.39 is 0 Å². The zero-order valence-electron chi connectivity index (χ0n) is 18.4. The molecule has 1 fully saturated rings. The molecule has 1 saturated heterocycles. The number of carbonyl (C=O) groups excluding carboxylic acids is 1. The fourth-order valence-electron chi connectivity index (χ4n) is 4.89. The number of piperidine rings is 1. The van der Waals surface area contributed by atoms with Gasteiger partial charge >= 0.3 is 0 Å². The Morgan fingerprint density at radius 3 is 2.81 bits per heavy atom. The third kappa shape index (κ3) is 4.76. The second kappa shape index (κ2) is 9.27. The van der Waals surface area contributed by atoms with Crippen LogP contribution in [-0.2, 0) is 24.4 Å². The molecular weight excluding hydrogens is 400 g/mol. The van der Waals surface area contributed by atoms with E-state index in [1.54, 1.807) is 0 Å². The molecule has 6 nitrogen and oxygen atoms in total. The molecule has 6 heteroatoms. The van der Waals surface area contributed by atoms with Crippen LogP contribution in [0, 0.1) is 5.92 Å². The molecule has 3 aromatic rings. The molecule has 1 unspecified atom stereocenters. The van der Waals surface area contributed by atoms with Crippen LogP contribution in [0.2, 0.25) is 0 Å². The van der Waals surface area contributed by atoms with E-state index in [9.17, 15) is 4.79 Å². The molecule has 0 bridgehead atoms. The van der Waals surface area contributed by atoms with Crippen molar-refractivity contribution in [1.82, 2.24) is 14.8 Å². The van der Waals surface area contributed by atoms with Gasteiger partial charge in [-0.15, -0.1) is 0 Å². The van der Waals surface area contributed by atoms with Crippen molar-refractivity contribution in [3.05, 3.63) is 71.4 Å². The van der Waals surface area contributed by atoms with Crippen molar-refractivity contribution in [3.63, 3.8) is 0 Å². The number of primary amides is 1. The first kappa shape index (κ1) is 20.9. The predicted molar refractivity (Wildman–Crippen MR) is 125 cm³/mol. The second-order valence-electron chi connectivity index (χ2n) is 9.01. The molecule has 32 heavy (non-hydrogen) atoms. The predicted octanol–water partition coefficient (Wildman–Crippen LogP) is 3.33. The van der Waals surface area contributed by atoms with E-state index >= 15 is 0 Å². The lowest BCUT2D eigenvalue weighted by molar-refractivity contribution is -0.123. The van der Waals surface area contributed by atoms with E-state index in [0.29, 0.717) is 6.61 Å². The SMILES string of the molecule is NC(=O)C1CCCN(Cc2ccc3c(c2)CN(Cc2ccc4cccnc4c2)CCO3)C1. The van der Waals surface area contributed by atoms with Gasteiger partial charge < -0.3 is 10.5 Å². The molecule has 0 saturated carbocycles. The average molecular weight is 431 g/mol. The molecule has 1 atom stereocenters. The van der Waals surface area contributed by atoms with Crippen molar-refractivity contribution in [2.45, 2.75) is 32.5 Å². The van der Waals surface area contributed by atoms with Gasteiger partial charge in [0, 0.05) is 49.9 Å². The van der Waals surface area contributed by atoms with Gasteiger partial charge in [-0.25, -0.2) is 0 Å². The fraction of sp³-hybridized carbons (Fsp3) is 0.385. The number of hydrogen-bond acceptors (Lipinski definition) is 5. The number of benzene rings is 2. The number of hydrogen-bond donors (Lipinski definition) is 1. The summed E-state index contributed by atoms with van der Waals surface area (Å²) in [6.45, 7) is 5.90. The summed E-state index contributed by atoms with van der Waals surface area (Å²) < 4.78 is 6.05. The summed E-state index contributed by atoms with van der Waals surface area (Å²) in [6.07, 6.45) is 3.77. The number of amides is 1. The molecular formula is C26H30N4O2. The topological polar surface area (TPSA) is 71.7 Å². The number of ether oxygens (including phenoxy) is 1. The minimum atomic E-state index is -0.176. The van der Waals surface area contributed by atoms with Gasteiger partial charge in [-0.2, -0.15) is 0 Å². The maximum atomic E-state index is 11.6. The van der Waals surface area contributed by atoms with Crippen LogP contribution in [0.15, 0.2) is 54.7 Å². The van der Waals surface area contributed by atoms with Crippen LogP contribution in [0.1, 0.15) is 29.5 Å². The highest BCUT2D eigenvalue weighted by molar-refractivity contribution is 5.78. The number of carbonyl (C=O) groups is 1. The van der Waals surface area contributed by atoms with Crippen molar-refractivity contribution < 1.29 is 9.53 Å². The van der Waals surface area contributed by atoms with E-state index in [1.807, 2.05) is 12.3 Å². The Kier molecular flexibility index (Phi) is 6.06. The quantitative estimate of drug-likeness (QED) is 0.672. The highest BCUT2D eigenvalue weighted by Crippen LogP contribution is 2.27. The Morgan fingerprint density at radius 2 is 1.91 bits per heavy atom. The molecule has 2 aliphatic heterocycles. The van der Waals surface area contributed by atoms with Crippen molar-refractivity contribution >= 4 is 16.8 Å². The maximum Gasteiger partial charge on any atom is 0.221 e. The molecule has 3 heterocycles. The minimum absolute atomic E-state index is 0.0279. The molecule has 5 rings (SSSR count). The number of fused-ring (bicyclic) bond motifs is 2. The first-order valence-electron chi connectivity index (χ1n) is 11.5. The maximum absolute atomic E-state index is 11.6. The average Bonchev–Trinajstić information content (AvgIpc) is 3.00. The van der Waals surface area contributed by atoms with E-state index in [4.69, 9.17) is 10.5 Å². The Labute approximate surface area is 189 Å². The molecule has 2 aromatic carbocycles. The van der Waals surface area contributed by atoms with Crippen molar-refractivity contribution in [3.8, 4) is 5.75 Å². The van der Waals surface area contributed by atoms with Crippen LogP contribution in [0.25, 0.3) is 10.9 Å². The lowest BCUT2D eigenvalue weighted by Gasteiger charge is -2.31. The van der Waals surface area contributed by atoms with Crippen molar-refractivity contribution in [1.29, 1.82) is 0 Å². The summed E-state index contributed by atoms with van der Waals surface area (Å²) in [6, 6.07) is 17.1. The lowest BCUT2D eigenvalue weighted by Crippen LogP contribution is -2.40. The molecule has 2 aliphatic rings. The summed E-state index contributed by atoms with van der Waals surface area (Å²) in [5.41, 5.74) is 10.3. The van der Waals surface area contributed by atoms with E-state index in [2.05, 4.69) is 57.2 Å². The molecule has 1 aromatic heterocycles. The van der Waals surface area contributed by atoms with Crippen LogP contribution in [0.3, 0.4) is 0 Å². The number of pyridine rings is 1. The van der Waals surface area contributed by atoms with Gasteiger partial charge in [0.1, 0.15) is 12.4 Å². The normalized spacial score (nSPS) is 19.8. The second-order valence-corrected chi connectivity index (χ2v) is 9.01. The Bertz CT molecular complexity index is 1120. The van der Waals surface area contributed by atoms with Crippen LogP contribution in [-0.4, -0.2) is 46.9 Å². The van der Waals surface area contributed by atoms with Gasteiger partial charge in [0.25, 0.3) is 0 Å². The van der Waals surface area contributed by atoms with Gasteiger partial charge in [-0.05, 0) is 54.8 Å². The van der Waals surface area contributed by atoms with Crippen LogP contribution in [0.4, 0.5) is 0 Å². The van der Waals surface area contributed by atoms with Crippen LogP contribution in [0.5, 0.6) is 5.75 Å². The number of nitrogens with zero attached hydrogens (tertiary/aromatic N) is 3. The highest BCUT2D eigenvalue weighted by atomic mass is 16.5. The van der Waals surface area contributed by atoms with E-state index in [-0.39, 0.29) is 11.8 Å². The monoisotopic (exact) mass is 430 g/mol. The highest BCUT2D eigenvalue weighted by Gasteiger charge is 2.24. The van der Waals surface area contributed by atoms with Crippen molar-refractivity contribution in [2.75, 3.05) is 26.2 Å². The Balaban J connectivity index is 1.29. The molecule has 0 radical (unpaired) electrons. The van der Waals surface area contributed by atoms with E-state index in [0.717, 1.165) is 63.4 Å². The zero-order chi connectivity index (χ0) is 21.9. The Hall–Kier alpha value is -2.96. The van der Waals surface area contributed by atoms with Crippen LogP contribution < -0.4 is 10.5 Å². The molecule has 1 amide bonds. The van der Waals surface area contributed by atoms with Gasteiger partial charge in [-0.3, -0.25) is 19.6 Å².